The summed E-state index contributed by atoms with van der Waals surface area (Å²) >= 11 is 0. The van der Waals surface area contributed by atoms with Gasteiger partial charge in [-0.15, -0.1) is 0 Å². The topological polar surface area (TPSA) is 66.2 Å². The third-order valence-electron chi connectivity index (χ3n) is 4.08. The van der Waals surface area contributed by atoms with Gasteiger partial charge in [0, 0.05) is 26.0 Å². The zero-order valence-corrected chi connectivity index (χ0v) is 15.0. The van der Waals surface area contributed by atoms with Gasteiger partial charge in [0.15, 0.2) is 0 Å². The molecule has 1 amide bonds. The van der Waals surface area contributed by atoms with Crippen LogP contribution in [0.2, 0.25) is 0 Å². The Morgan fingerprint density at radius 2 is 1.78 bits per heavy atom. The lowest BCUT2D eigenvalue weighted by Crippen LogP contribution is -2.29. The SMILES string of the molecule is CN(Cc1cccc(-c2ccncc2)c1)C(=O)Oc1ccc(CC#N)cc1. The molecule has 0 aliphatic heterocycles. The van der Waals surface area contributed by atoms with Crippen LogP contribution < -0.4 is 4.74 Å². The molecule has 5 nitrogen and oxygen atoms in total. The number of nitriles is 1. The summed E-state index contributed by atoms with van der Waals surface area (Å²) in [4.78, 5) is 17.9. The van der Waals surface area contributed by atoms with Gasteiger partial charge in [-0.2, -0.15) is 5.26 Å². The zero-order chi connectivity index (χ0) is 19.1. The summed E-state index contributed by atoms with van der Waals surface area (Å²) in [5, 5.41) is 8.69. The average Bonchev–Trinajstić information content (AvgIpc) is 2.70. The predicted molar refractivity (Wildman–Crippen MR) is 103 cm³/mol. The number of carbonyl (C=O) groups is 1. The van der Waals surface area contributed by atoms with E-state index in [0.29, 0.717) is 18.7 Å². The number of nitrogens with zero attached hydrogens (tertiary/aromatic N) is 3. The molecule has 5 heteroatoms. The Labute approximate surface area is 158 Å². The fraction of sp³-hybridized carbons (Fsp3) is 0.136. The molecular weight excluding hydrogens is 338 g/mol. The van der Waals surface area contributed by atoms with Crippen LogP contribution in [0.1, 0.15) is 11.1 Å². The minimum atomic E-state index is -0.433. The van der Waals surface area contributed by atoms with Crippen molar-refractivity contribution in [2.75, 3.05) is 7.05 Å². The normalized spacial score (nSPS) is 10.1. The summed E-state index contributed by atoms with van der Waals surface area (Å²) < 4.78 is 5.39. The molecule has 0 atom stereocenters. The minimum absolute atomic E-state index is 0.335. The summed E-state index contributed by atoms with van der Waals surface area (Å²) in [6.07, 6.45) is 3.42. The maximum absolute atomic E-state index is 12.3. The standard InChI is InChI=1S/C22H19N3O2/c1-25(22(26)27-21-7-5-17(6-8-21)9-12-23)16-18-3-2-4-20(15-18)19-10-13-24-14-11-19/h2-8,10-11,13-15H,9,16H2,1H3. The van der Waals surface area contributed by atoms with Crippen molar-refractivity contribution in [2.45, 2.75) is 13.0 Å². The number of pyridine rings is 1. The van der Waals surface area contributed by atoms with Crippen LogP contribution in [-0.2, 0) is 13.0 Å². The van der Waals surface area contributed by atoms with Crippen LogP contribution in [0.25, 0.3) is 11.1 Å². The molecule has 3 aromatic rings. The van der Waals surface area contributed by atoms with Gasteiger partial charge in [0.05, 0.1) is 12.5 Å². The first-order chi connectivity index (χ1) is 13.2. The molecule has 1 heterocycles. The molecule has 0 bridgehead atoms. The maximum atomic E-state index is 12.3. The second-order valence-corrected chi connectivity index (χ2v) is 6.14. The Hall–Kier alpha value is -3.65. The number of carbonyl (C=O) groups excluding carboxylic acids is 1. The fourth-order valence-electron chi connectivity index (χ4n) is 2.68. The van der Waals surface area contributed by atoms with Crippen molar-refractivity contribution in [2.24, 2.45) is 0 Å². The highest BCUT2D eigenvalue weighted by molar-refractivity contribution is 5.70. The van der Waals surface area contributed by atoms with Gasteiger partial charge in [0.1, 0.15) is 5.75 Å². The van der Waals surface area contributed by atoms with Crippen molar-refractivity contribution in [1.82, 2.24) is 9.88 Å². The Kier molecular flexibility index (Phi) is 5.80. The third kappa shape index (κ3) is 4.93. The molecule has 0 fully saturated rings. The zero-order valence-electron chi connectivity index (χ0n) is 15.0. The van der Waals surface area contributed by atoms with Crippen molar-refractivity contribution < 1.29 is 9.53 Å². The number of hydrogen-bond acceptors (Lipinski definition) is 4. The van der Waals surface area contributed by atoms with E-state index in [1.165, 1.54) is 4.90 Å². The van der Waals surface area contributed by atoms with E-state index < -0.39 is 6.09 Å². The summed E-state index contributed by atoms with van der Waals surface area (Å²) in [6, 6.07) is 21.0. The van der Waals surface area contributed by atoms with Gasteiger partial charge in [-0.25, -0.2) is 4.79 Å². The van der Waals surface area contributed by atoms with Crippen molar-refractivity contribution in [3.8, 4) is 22.9 Å². The lowest BCUT2D eigenvalue weighted by molar-refractivity contribution is 0.161. The van der Waals surface area contributed by atoms with Gasteiger partial charge in [-0.1, -0.05) is 30.3 Å². The van der Waals surface area contributed by atoms with Crippen LogP contribution in [0.3, 0.4) is 0 Å². The van der Waals surface area contributed by atoms with Crippen molar-refractivity contribution in [3.05, 3.63) is 84.2 Å². The first-order valence-electron chi connectivity index (χ1n) is 8.54. The molecule has 0 saturated carbocycles. The number of amides is 1. The molecule has 0 aliphatic rings. The highest BCUT2D eigenvalue weighted by Crippen LogP contribution is 2.20. The van der Waals surface area contributed by atoms with E-state index in [0.717, 1.165) is 22.3 Å². The van der Waals surface area contributed by atoms with E-state index in [-0.39, 0.29) is 0 Å². The second-order valence-electron chi connectivity index (χ2n) is 6.14. The molecule has 134 valence electrons. The quantitative estimate of drug-likeness (QED) is 0.677. The molecule has 0 radical (unpaired) electrons. The lowest BCUT2D eigenvalue weighted by Gasteiger charge is -2.17. The Morgan fingerprint density at radius 1 is 1.04 bits per heavy atom. The molecule has 27 heavy (non-hydrogen) atoms. The van der Waals surface area contributed by atoms with Gasteiger partial charge in [0.25, 0.3) is 0 Å². The lowest BCUT2D eigenvalue weighted by atomic mass is 10.0. The monoisotopic (exact) mass is 357 g/mol. The number of rotatable bonds is 5. The number of hydrogen-bond donors (Lipinski definition) is 0. The maximum Gasteiger partial charge on any atom is 0.415 e. The molecule has 1 aromatic heterocycles. The second kappa shape index (κ2) is 8.63. The summed E-state index contributed by atoms with van der Waals surface area (Å²) in [5.74, 6) is 0.457. The van der Waals surface area contributed by atoms with Crippen LogP contribution in [0.5, 0.6) is 5.75 Å². The highest BCUT2D eigenvalue weighted by atomic mass is 16.6. The van der Waals surface area contributed by atoms with E-state index in [1.807, 2.05) is 30.3 Å². The highest BCUT2D eigenvalue weighted by Gasteiger charge is 2.12. The van der Waals surface area contributed by atoms with Crippen LogP contribution in [0.15, 0.2) is 73.1 Å². The summed E-state index contributed by atoms with van der Waals surface area (Å²) in [5.41, 5.74) is 4.05. The largest absolute Gasteiger partial charge is 0.415 e. The van der Waals surface area contributed by atoms with Crippen LogP contribution in [0.4, 0.5) is 4.79 Å². The fourth-order valence-corrected chi connectivity index (χ4v) is 2.68. The third-order valence-corrected chi connectivity index (χ3v) is 4.08. The van der Waals surface area contributed by atoms with Gasteiger partial charge < -0.3 is 9.64 Å². The Bertz CT molecular complexity index is 947. The summed E-state index contributed by atoms with van der Waals surface area (Å²) in [7, 11) is 1.70. The van der Waals surface area contributed by atoms with E-state index in [1.54, 1.807) is 43.7 Å². The van der Waals surface area contributed by atoms with E-state index in [4.69, 9.17) is 10.00 Å². The predicted octanol–water partition coefficient (Wildman–Crippen LogP) is 4.45. The molecule has 0 unspecified atom stereocenters. The molecule has 0 saturated heterocycles. The van der Waals surface area contributed by atoms with Gasteiger partial charge in [-0.3, -0.25) is 4.98 Å². The van der Waals surface area contributed by atoms with Crippen LogP contribution in [0, 0.1) is 11.3 Å². The molecular formula is C22H19N3O2. The number of benzene rings is 2. The summed E-state index contributed by atoms with van der Waals surface area (Å²) in [6.45, 7) is 0.435. The first kappa shape index (κ1) is 18.2. The van der Waals surface area contributed by atoms with E-state index >= 15 is 0 Å². The molecule has 0 N–H and O–H groups in total. The molecule has 0 aliphatic carbocycles. The van der Waals surface area contributed by atoms with Crippen molar-refractivity contribution >= 4 is 6.09 Å². The Balaban J connectivity index is 1.63. The van der Waals surface area contributed by atoms with Gasteiger partial charge in [0.2, 0.25) is 0 Å². The first-order valence-corrected chi connectivity index (χ1v) is 8.54. The minimum Gasteiger partial charge on any atom is -0.410 e. The molecule has 0 spiro atoms. The van der Waals surface area contributed by atoms with Gasteiger partial charge in [-0.05, 0) is 52.6 Å². The van der Waals surface area contributed by atoms with Gasteiger partial charge >= 0.3 is 6.09 Å². The van der Waals surface area contributed by atoms with E-state index in [9.17, 15) is 4.79 Å². The van der Waals surface area contributed by atoms with Crippen molar-refractivity contribution in [1.29, 1.82) is 5.26 Å². The number of ether oxygens (including phenoxy) is 1. The van der Waals surface area contributed by atoms with E-state index in [2.05, 4.69) is 17.1 Å². The molecule has 3 rings (SSSR count). The number of aromatic nitrogens is 1. The van der Waals surface area contributed by atoms with Crippen LogP contribution >= 0.6 is 0 Å². The average molecular weight is 357 g/mol. The smallest absolute Gasteiger partial charge is 0.410 e. The molecule has 2 aromatic carbocycles. The van der Waals surface area contributed by atoms with Crippen LogP contribution in [-0.4, -0.2) is 23.0 Å². The van der Waals surface area contributed by atoms with Crippen molar-refractivity contribution in [3.63, 3.8) is 0 Å². The Morgan fingerprint density at radius 3 is 2.48 bits per heavy atom.